The Bertz CT molecular complexity index is 413. The average Bonchev–Trinajstić information content (AvgIpc) is 2.89. The number of hydrogen-bond acceptors (Lipinski definition) is 3. The fourth-order valence-electron chi connectivity index (χ4n) is 2.25. The highest BCUT2D eigenvalue weighted by molar-refractivity contribution is 5.78. The van der Waals surface area contributed by atoms with Crippen molar-refractivity contribution in [1.29, 1.82) is 0 Å². The third-order valence-corrected chi connectivity index (χ3v) is 3.33. The van der Waals surface area contributed by atoms with Crippen LogP contribution in [0.1, 0.15) is 24.8 Å². The van der Waals surface area contributed by atoms with E-state index in [4.69, 9.17) is 9.52 Å². The maximum atomic E-state index is 12.0. The number of carbonyl (C=O) groups excluding carboxylic acids is 1. The van der Waals surface area contributed by atoms with E-state index in [-0.39, 0.29) is 5.91 Å². The van der Waals surface area contributed by atoms with E-state index in [1.807, 2.05) is 6.07 Å². The fourth-order valence-corrected chi connectivity index (χ4v) is 2.25. The molecule has 5 nitrogen and oxygen atoms in total. The molecule has 1 N–H and O–H groups in total. The maximum Gasteiger partial charge on any atom is 0.308 e. The van der Waals surface area contributed by atoms with Gasteiger partial charge in [0.05, 0.1) is 18.4 Å². The van der Waals surface area contributed by atoms with Gasteiger partial charge in [0.2, 0.25) is 5.91 Å². The van der Waals surface area contributed by atoms with Crippen LogP contribution in [0.15, 0.2) is 23.0 Å². The van der Waals surface area contributed by atoms with Crippen LogP contribution in [0.3, 0.4) is 0 Å². The van der Waals surface area contributed by atoms with E-state index in [9.17, 15) is 9.59 Å². The Hall–Kier alpha value is -1.78. The van der Waals surface area contributed by atoms with Crippen LogP contribution >= 0.6 is 0 Å². The molecule has 18 heavy (non-hydrogen) atoms. The number of rotatable bonds is 4. The lowest BCUT2D eigenvalue weighted by atomic mass is 9.98. The molecule has 0 bridgehead atoms. The van der Waals surface area contributed by atoms with E-state index < -0.39 is 11.9 Å². The van der Waals surface area contributed by atoms with E-state index >= 15 is 0 Å². The minimum atomic E-state index is -0.803. The van der Waals surface area contributed by atoms with E-state index in [0.29, 0.717) is 32.4 Å². The molecule has 0 unspecified atom stereocenters. The summed E-state index contributed by atoms with van der Waals surface area (Å²) in [6.07, 6.45) is 5.70. The van der Waals surface area contributed by atoms with Crippen molar-refractivity contribution in [3.8, 4) is 0 Å². The first-order valence-electron chi connectivity index (χ1n) is 6.18. The van der Waals surface area contributed by atoms with Gasteiger partial charge in [0.25, 0.3) is 0 Å². The van der Waals surface area contributed by atoms with Crippen LogP contribution in [0.2, 0.25) is 0 Å². The summed E-state index contributed by atoms with van der Waals surface area (Å²) in [6, 6.07) is 1.84. The number of carboxylic acid groups (broad SMARTS) is 1. The van der Waals surface area contributed by atoms with E-state index in [0.717, 1.165) is 12.0 Å². The lowest BCUT2D eigenvalue weighted by Crippen LogP contribution is -2.42. The number of aryl methyl sites for hydroxylation is 1. The molecule has 0 aliphatic carbocycles. The second-order valence-corrected chi connectivity index (χ2v) is 4.65. The molecular formula is C13H17NO4. The first-order chi connectivity index (χ1) is 8.66. The monoisotopic (exact) mass is 251 g/mol. The molecule has 1 aliphatic heterocycles. The molecule has 1 atom stereocenters. The minimum Gasteiger partial charge on any atom is -0.481 e. The molecule has 1 fully saturated rings. The van der Waals surface area contributed by atoms with Crippen molar-refractivity contribution in [2.75, 3.05) is 13.1 Å². The van der Waals surface area contributed by atoms with Gasteiger partial charge in [0.1, 0.15) is 0 Å². The Morgan fingerprint density at radius 1 is 1.50 bits per heavy atom. The smallest absolute Gasteiger partial charge is 0.308 e. The van der Waals surface area contributed by atoms with Crippen molar-refractivity contribution >= 4 is 11.9 Å². The van der Waals surface area contributed by atoms with Crippen molar-refractivity contribution in [1.82, 2.24) is 4.90 Å². The Morgan fingerprint density at radius 2 is 2.33 bits per heavy atom. The van der Waals surface area contributed by atoms with Crippen LogP contribution in [0.4, 0.5) is 0 Å². The van der Waals surface area contributed by atoms with E-state index in [1.54, 1.807) is 17.4 Å². The summed E-state index contributed by atoms with van der Waals surface area (Å²) in [7, 11) is 0. The molecule has 98 valence electrons. The van der Waals surface area contributed by atoms with Crippen LogP contribution in [-0.4, -0.2) is 35.0 Å². The summed E-state index contributed by atoms with van der Waals surface area (Å²) >= 11 is 0. The summed E-state index contributed by atoms with van der Waals surface area (Å²) in [5, 5.41) is 8.97. The molecule has 1 saturated heterocycles. The number of furan rings is 1. The van der Waals surface area contributed by atoms with Crippen molar-refractivity contribution in [2.45, 2.75) is 25.7 Å². The van der Waals surface area contributed by atoms with Gasteiger partial charge in [0.15, 0.2) is 0 Å². The van der Waals surface area contributed by atoms with Gasteiger partial charge in [-0.15, -0.1) is 0 Å². The summed E-state index contributed by atoms with van der Waals surface area (Å²) in [5.74, 6) is -1.18. The van der Waals surface area contributed by atoms with Crippen LogP contribution in [-0.2, 0) is 16.0 Å². The first-order valence-corrected chi connectivity index (χ1v) is 6.18. The van der Waals surface area contributed by atoms with Crippen LogP contribution in [0.5, 0.6) is 0 Å². The molecule has 1 aliphatic rings. The summed E-state index contributed by atoms with van der Waals surface area (Å²) in [4.78, 5) is 24.5. The van der Waals surface area contributed by atoms with Crippen molar-refractivity contribution in [2.24, 2.45) is 5.92 Å². The zero-order chi connectivity index (χ0) is 13.0. The van der Waals surface area contributed by atoms with Gasteiger partial charge in [0, 0.05) is 19.5 Å². The molecule has 0 aromatic carbocycles. The highest BCUT2D eigenvalue weighted by Gasteiger charge is 2.27. The number of hydrogen-bond donors (Lipinski definition) is 1. The predicted molar refractivity (Wildman–Crippen MR) is 64.0 cm³/mol. The van der Waals surface area contributed by atoms with Gasteiger partial charge in [-0.3, -0.25) is 9.59 Å². The van der Waals surface area contributed by atoms with Crippen LogP contribution in [0.25, 0.3) is 0 Å². The molecule has 2 heterocycles. The van der Waals surface area contributed by atoms with Gasteiger partial charge >= 0.3 is 5.97 Å². The molecule has 0 saturated carbocycles. The summed E-state index contributed by atoms with van der Waals surface area (Å²) in [6.45, 7) is 1.02. The molecule has 0 spiro atoms. The highest BCUT2D eigenvalue weighted by Crippen LogP contribution is 2.18. The van der Waals surface area contributed by atoms with Gasteiger partial charge < -0.3 is 14.4 Å². The number of likely N-dealkylation sites (tertiary alicyclic amines) is 1. The molecule has 1 amide bonds. The van der Waals surface area contributed by atoms with Crippen molar-refractivity contribution in [3.05, 3.63) is 24.2 Å². The Labute approximate surface area is 105 Å². The maximum absolute atomic E-state index is 12.0. The molecular weight excluding hydrogens is 234 g/mol. The number of aliphatic carboxylic acids is 1. The third-order valence-electron chi connectivity index (χ3n) is 3.33. The second kappa shape index (κ2) is 5.71. The minimum absolute atomic E-state index is 0.0298. The Balaban J connectivity index is 1.83. The average molecular weight is 251 g/mol. The number of piperidine rings is 1. The quantitative estimate of drug-likeness (QED) is 0.881. The van der Waals surface area contributed by atoms with Crippen LogP contribution in [0, 0.1) is 5.92 Å². The zero-order valence-corrected chi connectivity index (χ0v) is 10.2. The largest absolute Gasteiger partial charge is 0.481 e. The molecule has 1 aromatic rings. The van der Waals surface area contributed by atoms with Gasteiger partial charge in [-0.25, -0.2) is 0 Å². The lowest BCUT2D eigenvalue weighted by molar-refractivity contribution is -0.145. The lowest BCUT2D eigenvalue weighted by Gasteiger charge is -2.30. The summed E-state index contributed by atoms with van der Waals surface area (Å²) < 4.78 is 4.94. The van der Waals surface area contributed by atoms with E-state index in [2.05, 4.69) is 0 Å². The topological polar surface area (TPSA) is 70.8 Å². The number of amides is 1. The van der Waals surface area contributed by atoms with Gasteiger partial charge in [-0.2, -0.15) is 0 Å². The molecule has 2 rings (SSSR count). The molecule has 5 heteroatoms. The molecule has 0 radical (unpaired) electrons. The SMILES string of the molecule is O=C(O)[C@H]1CCCN(C(=O)CCc2ccoc2)C1. The van der Waals surface area contributed by atoms with Gasteiger partial charge in [-0.05, 0) is 30.9 Å². The van der Waals surface area contributed by atoms with Crippen molar-refractivity contribution in [3.63, 3.8) is 0 Å². The third kappa shape index (κ3) is 3.12. The standard InChI is InChI=1S/C13H17NO4/c15-12(4-3-10-5-7-18-9-10)14-6-1-2-11(8-14)13(16)17/h5,7,9,11H,1-4,6,8H2,(H,16,17)/t11-/m0/s1. The summed E-state index contributed by atoms with van der Waals surface area (Å²) in [5.41, 5.74) is 0.996. The Kier molecular flexibility index (Phi) is 4.02. The van der Waals surface area contributed by atoms with Crippen molar-refractivity contribution < 1.29 is 19.1 Å². The highest BCUT2D eigenvalue weighted by atomic mass is 16.4. The number of carboxylic acids is 1. The Morgan fingerprint density at radius 3 is 3.00 bits per heavy atom. The fraction of sp³-hybridized carbons (Fsp3) is 0.538. The van der Waals surface area contributed by atoms with Gasteiger partial charge in [-0.1, -0.05) is 0 Å². The zero-order valence-electron chi connectivity index (χ0n) is 10.2. The number of carbonyl (C=O) groups is 2. The normalized spacial score (nSPS) is 19.8. The molecule has 1 aromatic heterocycles. The second-order valence-electron chi connectivity index (χ2n) is 4.65. The predicted octanol–water partition coefficient (Wildman–Crippen LogP) is 1.54. The van der Waals surface area contributed by atoms with E-state index in [1.165, 1.54) is 0 Å². The number of nitrogens with zero attached hydrogens (tertiary/aromatic N) is 1. The first kappa shape index (κ1) is 12.7. The van der Waals surface area contributed by atoms with Crippen LogP contribution < -0.4 is 0 Å².